The van der Waals surface area contributed by atoms with Crippen LogP contribution in [0, 0.1) is 23.7 Å². The van der Waals surface area contributed by atoms with Crippen LogP contribution in [0.4, 0.5) is 0 Å². The molecular weight excluding hydrogens is 1210 g/mol. The van der Waals surface area contributed by atoms with E-state index in [0.717, 1.165) is 114 Å². The minimum Gasteiger partial charge on any atom is -0.462 e. The van der Waals surface area contributed by atoms with Crippen molar-refractivity contribution >= 4 is 39.5 Å². The van der Waals surface area contributed by atoms with Gasteiger partial charge >= 0.3 is 39.5 Å². The molecule has 0 rings (SSSR count). The molecule has 0 fully saturated rings. The molecule has 0 bridgehead atoms. The van der Waals surface area contributed by atoms with Crippen LogP contribution in [-0.4, -0.2) is 96.7 Å². The summed E-state index contributed by atoms with van der Waals surface area (Å²) in [5, 5.41) is 10.6. The topological polar surface area (TPSA) is 237 Å². The standard InChI is InChI=1S/C73H142O17P2/c1-9-65(7)51-43-35-26-23-24-27-37-45-53-70(75)83-59-69(90-73(78)56-48-40-32-30-36-44-52-66(8)10-2)62-88-92(81,82)86-58-67(74)57-85-91(79,80)87-61-68(60-84-71(76)54-46-38-31-29-34-42-50-64(5)6)89-72(77)55-47-39-28-22-20-18-16-14-12-11-13-15-17-19-21-25-33-41-49-63(3)4/h63-69,74H,9-62H2,1-8H3,(H,79,80)(H,81,82)/t65?,66?,67?,68-,69-/m1/s1. The zero-order valence-corrected chi connectivity index (χ0v) is 62.0. The summed E-state index contributed by atoms with van der Waals surface area (Å²) in [6, 6.07) is 0. The largest absolute Gasteiger partial charge is 0.472 e. The predicted molar refractivity (Wildman–Crippen MR) is 372 cm³/mol. The van der Waals surface area contributed by atoms with Crippen LogP contribution in [-0.2, 0) is 65.4 Å². The number of hydrogen-bond acceptors (Lipinski definition) is 15. The number of aliphatic hydroxyl groups is 1. The van der Waals surface area contributed by atoms with Crippen molar-refractivity contribution in [3.63, 3.8) is 0 Å². The van der Waals surface area contributed by atoms with E-state index in [9.17, 15) is 43.2 Å². The number of phosphoric ester groups is 2. The maximum absolute atomic E-state index is 13.0. The Labute approximate surface area is 562 Å². The molecule has 0 saturated heterocycles. The van der Waals surface area contributed by atoms with E-state index in [4.69, 9.17) is 37.0 Å². The van der Waals surface area contributed by atoms with Gasteiger partial charge in [0, 0.05) is 25.7 Å². The summed E-state index contributed by atoms with van der Waals surface area (Å²) < 4.78 is 68.3. The Morgan fingerprint density at radius 1 is 0.304 bits per heavy atom. The van der Waals surface area contributed by atoms with Gasteiger partial charge in [0.15, 0.2) is 12.2 Å². The minimum absolute atomic E-state index is 0.102. The predicted octanol–water partition coefficient (Wildman–Crippen LogP) is 20.9. The van der Waals surface area contributed by atoms with E-state index in [1.165, 1.54) is 161 Å². The SMILES string of the molecule is CCC(C)CCCCCCCCCCC(=O)OC[C@H](COP(=O)(O)OCC(O)COP(=O)(O)OC[C@@H](COC(=O)CCCCCCCCC(C)C)OC(=O)CCCCCCCCCCCCCCCCCCCCC(C)C)OC(=O)CCCCCCCCC(C)CC. The monoisotopic (exact) mass is 1350 g/mol. The fraction of sp³-hybridized carbons (Fsp3) is 0.945. The van der Waals surface area contributed by atoms with E-state index in [0.29, 0.717) is 31.6 Å². The minimum atomic E-state index is -4.95. The first-order chi connectivity index (χ1) is 44.2. The first-order valence-corrected chi connectivity index (χ1v) is 40.8. The van der Waals surface area contributed by atoms with Crippen molar-refractivity contribution in [2.75, 3.05) is 39.6 Å². The molecule has 0 aliphatic rings. The summed E-state index contributed by atoms with van der Waals surface area (Å²) in [5.74, 6) is 0.866. The van der Waals surface area contributed by atoms with Crippen molar-refractivity contribution < 1.29 is 80.2 Å². The second-order valence-electron chi connectivity index (χ2n) is 27.8. The maximum atomic E-state index is 13.0. The third kappa shape index (κ3) is 64.1. The highest BCUT2D eigenvalue weighted by molar-refractivity contribution is 7.47. The molecule has 0 radical (unpaired) electrons. The number of carbonyl (C=O) groups is 4. The highest BCUT2D eigenvalue weighted by Gasteiger charge is 2.30. The lowest BCUT2D eigenvalue weighted by atomic mass is 9.99. The van der Waals surface area contributed by atoms with Gasteiger partial charge in [-0.3, -0.25) is 37.3 Å². The van der Waals surface area contributed by atoms with Gasteiger partial charge in [-0.25, -0.2) is 9.13 Å². The lowest BCUT2D eigenvalue weighted by molar-refractivity contribution is -0.161. The molecule has 0 aromatic carbocycles. The molecule has 17 nitrogen and oxygen atoms in total. The van der Waals surface area contributed by atoms with E-state index in [1.807, 2.05) is 0 Å². The number of ether oxygens (including phenoxy) is 4. The van der Waals surface area contributed by atoms with Crippen LogP contribution in [0.25, 0.3) is 0 Å². The number of phosphoric acid groups is 2. The van der Waals surface area contributed by atoms with Crippen molar-refractivity contribution in [2.24, 2.45) is 23.7 Å². The Balaban J connectivity index is 5.16. The fourth-order valence-corrected chi connectivity index (χ4v) is 12.5. The second-order valence-corrected chi connectivity index (χ2v) is 30.7. The van der Waals surface area contributed by atoms with Crippen molar-refractivity contribution in [3.8, 4) is 0 Å². The maximum Gasteiger partial charge on any atom is 0.472 e. The van der Waals surface area contributed by atoms with Crippen molar-refractivity contribution in [3.05, 3.63) is 0 Å². The third-order valence-corrected chi connectivity index (χ3v) is 19.4. The fourth-order valence-electron chi connectivity index (χ4n) is 11.0. The Hall–Kier alpha value is -1.94. The molecule has 0 saturated carbocycles. The van der Waals surface area contributed by atoms with Crippen LogP contribution >= 0.6 is 15.6 Å². The molecule has 0 aliphatic carbocycles. The third-order valence-electron chi connectivity index (χ3n) is 17.5. The average molecular weight is 1350 g/mol. The van der Waals surface area contributed by atoms with Gasteiger partial charge in [-0.15, -0.1) is 0 Å². The van der Waals surface area contributed by atoms with Crippen molar-refractivity contribution in [2.45, 2.75) is 382 Å². The van der Waals surface area contributed by atoms with Crippen LogP contribution in [0.3, 0.4) is 0 Å². The summed E-state index contributed by atoms with van der Waals surface area (Å²) in [7, 11) is -9.90. The van der Waals surface area contributed by atoms with Crippen molar-refractivity contribution in [1.82, 2.24) is 0 Å². The molecule has 0 heterocycles. The number of esters is 4. The van der Waals surface area contributed by atoms with Gasteiger partial charge in [-0.2, -0.15) is 0 Å². The second kappa shape index (κ2) is 62.6. The zero-order valence-electron chi connectivity index (χ0n) is 60.2. The molecular formula is C73H142O17P2. The van der Waals surface area contributed by atoms with Crippen LogP contribution in [0.5, 0.6) is 0 Å². The van der Waals surface area contributed by atoms with Crippen LogP contribution in [0.2, 0.25) is 0 Å². The van der Waals surface area contributed by atoms with Crippen LogP contribution in [0.15, 0.2) is 0 Å². The Morgan fingerprint density at radius 2 is 0.522 bits per heavy atom. The van der Waals surface area contributed by atoms with E-state index in [2.05, 4.69) is 55.4 Å². The molecule has 0 aliphatic heterocycles. The average Bonchev–Trinajstić information content (AvgIpc) is 1.65. The number of rotatable bonds is 70. The van der Waals surface area contributed by atoms with Gasteiger partial charge < -0.3 is 33.8 Å². The van der Waals surface area contributed by atoms with E-state index in [-0.39, 0.29) is 25.7 Å². The molecule has 0 aromatic rings. The highest BCUT2D eigenvalue weighted by atomic mass is 31.2. The van der Waals surface area contributed by atoms with Gasteiger partial charge in [0.25, 0.3) is 0 Å². The molecule has 546 valence electrons. The molecule has 0 amide bonds. The Bertz CT molecular complexity index is 1820. The smallest absolute Gasteiger partial charge is 0.462 e. The highest BCUT2D eigenvalue weighted by Crippen LogP contribution is 2.45. The lowest BCUT2D eigenvalue weighted by Crippen LogP contribution is -2.30. The van der Waals surface area contributed by atoms with E-state index < -0.39 is 97.5 Å². The molecule has 92 heavy (non-hydrogen) atoms. The summed E-state index contributed by atoms with van der Waals surface area (Å²) in [4.78, 5) is 72.6. The molecule has 19 heteroatoms. The number of carbonyl (C=O) groups excluding carboxylic acids is 4. The van der Waals surface area contributed by atoms with E-state index in [1.54, 1.807) is 0 Å². The number of hydrogen-bond donors (Lipinski definition) is 3. The first-order valence-electron chi connectivity index (χ1n) is 37.8. The van der Waals surface area contributed by atoms with Gasteiger partial charge in [0.2, 0.25) is 0 Å². The summed E-state index contributed by atoms with van der Waals surface area (Å²) in [5.41, 5.74) is 0. The Kier molecular flexibility index (Phi) is 61.3. The summed E-state index contributed by atoms with van der Waals surface area (Å²) >= 11 is 0. The molecule has 7 atom stereocenters. The van der Waals surface area contributed by atoms with Crippen molar-refractivity contribution in [1.29, 1.82) is 0 Å². The molecule has 5 unspecified atom stereocenters. The normalized spacial score (nSPS) is 14.8. The van der Waals surface area contributed by atoms with Gasteiger partial charge in [-0.1, -0.05) is 312 Å². The molecule has 0 spiro atoms. The van der Waals surface area contributed by atoms with Gasteiger partial charge in [-0.05, 0) is 49.4 Å². The van der Waals surface area contributed by atoms with Crippen LogP contribution < -0.4 is 0 Å². The first kappa shape index (κ1) is 90.1. The number of aliphatic hydroxyl groups excluding tert-OH is 1. The molecule has 0 aromatic heterocycles. The van der Waals surface area contributed by atoms with E-state index >= 15 is 0 Å². The zero-order chi connectivity index (χ0) is 68.2. The quantitative estimate of drug-likeness (QED) is 0.0222. The molecule has 3 N–H and O–H groups in total. The van der Waals surface area contributed by atoms with Gasteiger partial charge in [0.05, 0.1) is 26.4 Å². The summed E-state index contributed by atoms with van der Waals surface area (Å²) in [6.07, 6.45) is 46.1. The summed E-state index contributed by atoms with van der Waals surface area (Å²) in [6.45, 7) is 14.1. The van der Waals surface area contributed by atoms with Gasteiger partial charge in [0.1, 0.15) is 19.3 Å². The number of unbranched alkanes of at least 4 members (excludes halogenated alkanes) is 34. The van der Waals surface area contributed by atoms with Crippen LogP contribution in [0.1, 0.15) is 364 Å². The lowest BCUT2D eigenvalue weighted by Gasteiger charge is -2.21. The Morgan fingerprint density at radius 3 is 0.772 bits per heavy atom.